The molecule has 0 aliphatic rings. The van der Waals surface area contributed by atoms with Gasteiger partial charge in [-0.3, -0.25) is 4.79 Å². The summed E-state index contributed by atoms with van der Waals surface area (Å²) in [5.41, 5.74) is 4.58. The van der Waals surface area contributed by atoms with Crippen molar-refractivity contribution in [1.29, 1.82) is 0 Å². The van der Waals surface area contributed by atoms with E-state index in [0.29, 0.717) is 17.9 Å². The number of amides is 3. The molecule has 0 atom stereocenters. The molecule has 0 aliphatic heterocycles. The molecule has 3 rings (SSSR count). The number of aromatic amines is 1. The Labute approximate surface area is 170 Å². The average Bonchev–Trinajstić information content (AvgIpc) is 3.07. The van der Waals surface area contributed by atoms with Crippen LogP contribution in [0.2, 0.25) is 0 Å². The SMILES string of the molecule is CNC(=O)Nc1cc(C)cc2c(-c3ccccc3)c(C(=O)NCCN(C)C)[nH]c12. The Hall–Kier alpha value is -3.32. The van der Waals surface area contributed by atoms with E-state index in [0.717, 1.165) is 34.1 Å². The summed E-state index contributed by atoms with van der Waals surface area (Å²) in [6.45, 7) is 3.25. The first kappa shape index (κ1) is 20.4. The maximum absolute atomic E-state index is 13.0. The molecule has 7 nitrogen and oxygen atoms in total. The van der Waals surface area contributed by atoms with Gasteiger partial charge in [-0.05, 0) is 44.3 Å². The van der Waals surface area contributed by atoms with E-state index in [9.17, 15) is 9.59 Å². The van der Waals surface area contributed by atoms with Crippen LogP contribution >= 0.6 is 0 Å². The van der Waals surface area contributed by atoms with E-state index in [1.165, 1.54) is 0 Å². The molecule has 0 unspecified atom stereocenters. The Kier molecular flexibility index (Phi) is 6.19. The Bertz CT molecular complexity index is 1020. The fourth-order valence-corrected chi connectivity index (χ4v) is 3.28. The van der Waals surface area contributed by atoms with Crippen LogP contribution < -0.4 is 16.0 Å². The van der Waals surface area contributed by atoms with Crippen molar-refractivity contribution < 1.29 is 9.59 Å². The third-order valence-corrected chi connectivity index (χ3v) is 4.66. The Morgan fingerprint density at radius 2 is 1.83 bits per heavy atom. The number of rotatable bonds is 6. The molecule has 0 aliphatic carbocycles. The summed E-state index contributed by atoms with van der Waals surface area (Å²) in [4.78, 5) is 30.2. The first-order valence-electron chi connectivity index (χ1n) is 9.54. The Morgan fingerprint density at radius 1 is 1.10 bits per heavy atom. The number of hydrogen-bond donors (Lipinski definition) is 4. The van der Waals surface area contributed by atoms with Crippen molar-refractivity contribution >= 4 is 28.5 Å². The van der Waals surface area contributed by atoms with Gasteiger partial charge in [0.05, 0.1) is 11.2 Å². The molecule has 4 N–H and O–H groups in total. The van der Waals surface area contributed by atoms with Crippen LogP contribution in [0.1, 0.15) is 16.1 Å². The van der Waals surface area contributed by atoms with E-state index in [-0.39, 0.29) is 11.9 Å². The van der Waals surface area contributed by atoms with Gasteiger partial charge in [-0.25, -0.2) is 4.79 Å². The fourth-order valence-electron chi connectivity index (χ4n) is 3.28. The standard InChI is InChI=1S/C22H27N5O2/c1-14-12-16-18(15-8-6-5-7-9-15)20(21(28)24-10-11-27(3)4)26-19(16)17(13-14)25-22(29)23-2/h5-9,12-13,26H,10-11H2,1-4H3,(H,24,28)(H2,23,25,29). The number of aromatic nitrogens is 1. The highest BCUT2D eigenvalue weighted by molar-refractivity contribution is 6.13. The van der Waals surface area contributed by atoms with Crippen LogP contribution in [-0.4, -0.2) is 56.1 Å². The average molecular weight is 393 g/mol. The van der Waals surface area contributed by atoms with Gasteiger partial charge in [0.2, 0.25) is 0 Å². The molecule has 0 saturated carbocycles. The molecular formula is C22H27N5O2. The summed E-state index contributed by atoms with van der Waals surface area (Å²) >= 11 is 0. The summed E-state index contributed by atoms with van der Waals surface area (Å²) in [5, 5.41) is 9.27. The zero-order valence-corrected chi connectivity index (χ0v) is 17.2. The lowest BCUT2D eigenvalue weighted by Gasteiger charge is -2.11. The van der Waals surface area contributed by atoms with Gasteiger partial charge in [0, 0.05) is 31.1 Å². The summed E-state index contributed by atoms with van der Waals surface area (Å²) in [5.74, 6) is -0.176. The van der Waals surface area contributed by atoms with E-state index in [2.05, 4.69) is 20.9 Å². The van der Waals surface area contributed by atoms with Gasteiger partial charge in [0.15, 0.2) is 0 Å². The second-order valence-electron chi connectivity index (χ2n) is 7.24. The van der Waals surface area contributed by atoms with E-state index >= 15 is 0 Å². The molecule has 3 aromatic rings. The van der Waals surface area contributed by atoms with Crippen molar-refractivity contribution in [2.24, 2.45) is 0 Å². The molecule has 3 amide bonds. The highest BCUT2D eigenvalue weighted by atomic mass is 16.2. The Morgan fingerprint density at radius 3 is 2.48 bits per heavy atom. The van der Waals surface area contributed by atoms with Crippen molar-refractivity contribution in [3.05, 3.63) is 53.7 Å². The lowest BCUT2D eigenvalue weighted by Crippen LogP contribution is -2.31. The van der Waals surface area contributed by atoms with Crippen LogP contribution in [0, 0.1) is 6.92 Å². The first-order chi connectivity index (χ1) is 13.9. The van der Waals surface area contributed by atoms with Gasteiger partial charge < -0.3 is 25.8 Å². The molecule has 0 saturated heterocycles. The second kappa shape index (κ2) is 8.79. The monoisotopic (exact) mass is 393 g/mol. The van der Waals surface area contributed by atoms with Crippen molar-refractivity contribution in [2.45, 2.75) is 6.92 Å². The van der Waals surface area contributed by atoms with Gasteiger partial charge in [-0.15, -0.1) is 0 Å². The molecule has 2 aromatic carbocycles. The second-order valence-corrected chi connectivity index (χ2v) is 7.24. The van der Waals surface area contributed by atoms with Crippen molar-refractivity contribution in [2.75, 3.05) is 39.5 Å². The number of carbonyl (C=O) groups excluding carboxylic acids is 2. The van der Waals surface area contributed by atoms with Crippen LogP contribution in [0.15, 0.2) is 42.5 Å². The molecule has 1 aromatic heterocycles. The van der Waals surface area contributed by atoms with E-state index < -0.39 is 0 Å². The molecule has 7 heteroatoms. The van der Waals surface area contributed by atoms with E-state index in [1.807, 2.05) is 68.4 Å². The van der Waals surface area contributed by atoms with Gasteiger partial charge in [-0.2, -0.15) is 0 Å². The molecule has 0 fully saturated rings. The number of hydrogen-bond acceptors (Lipinski definition) is 3. The molecule has 152 valence electrons. The normalized spacial score (nSPS) is 10.9. The van der Waals surface area contributed by atoms with Gasteiger partial charge in [0.1, 0.15) is 5.69 Å². The maximum Gasteiger partial charge on any atom is 0.319 e. The molecule has 0 radical (unpaired) electrons. The van der Waals surface area contributed by atoms with Crippen molar-refractivity contribution in [1.82, 2.24) is 20.5 Å². The number of nitrogens with one attached hydrogen (secondary N) is 4. The van der Waals surface area contributed by atoms with Gasteiger partial charge >= 0.3 is 6.03 Å². The first-order valence-corrected chi connectivity index (χ1v) is 9.54. The smallest absolute Gasteiger partial charge is 0.319 e. The number of benzene rings is 2. The fraction of sp³-hybridized carbons (Fsp3) is 0.273. The predicted octanol–water partition coefficient (Wildman–Crippen LogP) is 3.19. The topological polar surface area (TPSA) is 89.3 Å². The largest absolute Gasteiger partial charge is 0.349 e. The van der Waals surface area contributed by atoms with Crippen LogP contribution in [0.5, 0.6) is 0 Å². The van der Waals surface area contributed by atoms with Crippen LogP contribution in [-0.2, 0) is 0 Å². The summed E-state index contributed by atoms with van der Waals surface area (Å²) in [6.07, 6.45) is 0. The van der Waals surface area contributed by atoms with Crippen LogP contribution in [0.25, 0.3) is 22.0 Å². The van der Waals surface area contributed by atoms with E-state index in [1.54, 1.807) is 7.05 Å². The lowest BCUT2D eigenvalue weighted by atomic mass is 10.00. The highest BCUT2D eigenvalue weighted by Crippen LogP contribution is 2.36. The molecule has 0 bridgehead atoms. The zero-order valence-electron chi connectivity index (χ0n) is 17.2. The van der Waals surface area contributed by atoms with Crippen molar-refractivity contribution in [3.8, 4) is 11.1 Å². The minimum Gasteiger partial charge on any atom is -0.349 e. The Balaban J connectivity index is 2.14. The quantitative estimate of drug-likeness (QED) is 0.519. The third-order valence-electron chi connectivity index (χ3n) is 4.66. The lowest BCUT2D eigenvalue weighted by molar-refractivity contribution is 0.0947. The zero-order chi connectivity index (χ0) is 21.0. The predicted molar refractivity (Wildman–Crippen MR) is 117 cm³/mol. The molecule has 1 heterocycles. The number of anilines is 1. The number of urea groups is 1. The van der Waals surface area contributed by atoms with E-state index in [4.69, 9.17) is 0 Å². The number of H-pyrrole nitrogens is 1. The molecular weight excluding hydrogens is 366 g/mol. The maximum atomic E-state index is 13.0. The minimum atomic E-state index is -0.315. The van der Waals surface area contributed by atoms with Gasteiger partial charge in [0.25, 0.3) is 5.91 Å². The number of likely N-dealkylation sites (N-methyl/N-ethyl adjacent to an activating group) is 1. The highest BCUT2D eigenvalue weighted by Gasteiger charge is 2.21. The number of nitrogens with zero attached hydrogens (tertiary/aromatic N) is 1. The van der Waals surface area contributed by atoms with Crippen LogP contribution in [0.3, 0.4) is 0 Å². The van der Waals surface area contributed by atoms with Gasteiger partial charge in [-0.1, -0.05) is 30.3 Å². The van der Waals surface area contributed by atoms with Crippen molar-refractivity contribution in [3.63, 3.8) is 0 Å². The number of fused-ring (bicyclic) bond motifs is 1. The summed E-state index contributed by atoms with van der Waals surface area (Å²) < 4.78 is 0. The van der Waals surface area contributed by atoms with Crippen LogP contribution in [0.4, 0.5) is 10.5 Å². The molecule has 0 spiro atoms. The summed E-state index contributed by atoms with van der Waals surface area (Å²) in [7, 11) is 5.49. The minimum absolute atomic E-state index is 0.176. The third kappa shape index (κ3) is 4.57. The molecule has 29 heavy (non-hydrogen) atoms. The number of carbonyl (C=O) groups is 2. The number of aryl methyl sites for hydroxylation is 1. The summed E-state index contributed by atoms with van der Waals surface area (Å²) in [6, 6.07) is 13.4.